The summed E-state index contributed by atoms with van der Waals surface area (Å²) in [5.74, 6) is -0.411. The highest BCUT2D eigenvalue weighted by molar-refractivity contribution is 6.31. The molecule has 3 aliphatic rings. The molecule has 0 aromatic heterocycles. The first-order valence-electron chi connectivity index (χ1n) is 11.3. The second-order valence-electron chi connectivity index (χ2n) is 8.96. The molecule has 1 amide bonds. The van der Waals surface area contributed by atoms with Gasteiger partial charge in [0.15, 0.2) is 0 Å². The molecule has 1 spiro atoms. The molecule has 3 aliphatic heterocycles. The minimum absolute atomic E-state index is 0.0326. The van der Waals surface area contributed by atoms with E-state index in [1.807, 2.05) is 25.1 Å². The summed E-state index contributed by atoms with van der Waals surface area (Å²) in [5.41, 5.74) is 3.38. The average Bonchev–Trinajstić information content (AvgIpc) is 3.05. The van der Waals surface area contributed by atoms with Crippen LogP contribution in [0.2, 0.25) is 5.02 Å². The van der Waals surface area contributed by atoms with Gasteiger partial charge in [-0.15, -0.1) is 0 Å². The van der Waals surface area contributed by atoms with E-state index in [1.54, 1.807) is 31.2 Å². The number of nitrogens with zero attached hydrogens (tertiary/aromatic N) is 4. The standard InChI is InChI=1S/C25H27ClN4O3/c1-4-33-23(31)17-6-9-20(10-7-17)30-24(32)25(16(2)27-30)14-18-5-8-19(26)13-21(18)29-12-11-28(3)15-22(25)29/h5-10,13,22H,4,11-12,14-15H2,1-3H3/t22-,25-/m1/s1. The Kier molecular flexibility index (Phi) is 5.41. The van der Waals surface area contributed by atoms with Crippen LogP contribution in [0.1, 0.15) is 29.8 Å². The maximum absolute atomic E-state index is 14.1. The molecule has 1 fully saturated rings. The van der Waals surface area contributed by atoms with Crippen LogP contribution in [0.3, 0.4) is 0 Å². The number of anilines is 2. The van der Waals surface area contributed by atoms with Crippen molar-refractivity contribution in [2.24, 2.45) is 10.5 Å². The first-order chi connectivity index (χ1) is 15.8. The molecule has 33 heavy (non-hydrogen) atoms. The Labute approximate surface area is 198 Å². The van der Waals surface area contributed by atoms with Gasteiger partial charge in [-0.25, -0.2) is 4.79 Å². The molecule has 2 aromatic carbocycles. The number of esters is 1. The molecule has 2 atom stereocenters. The minimum atomic E-state index is -0.755. The molecule has 8 heteroatoms. The molecule has 5 rings (SSSR count). The van der Waals surface area contributed by atoms with Crippen molar-refractivity contribution in [2.75, 3.05) is 43.2 Å². The fourth-order valence-electron chi connectivity index (χ4n) is 5.35. The number of hydrogen-bond acceptors (Lipinski definition) is 6. The largest absolute Gasteiger partial charge is 0.462 e. The smallest absolute Gasteiger partial charge is 0.338 e. The zero-order valence-electron chi connectivity index (χ0n) is 19.0. The maximum atomic E-state index is 14.1. The number of fused-ring (bicyclic) bond motifs is 4. The summed E-state index contributed by atoms with van der Waals surface area (Å²) in [7, 11) is 2.09. The van der Waals surface area contributed by atoms with E-state index in [-0.39, 0.29) is 17.9 Å². The lowest BCUT2D eigenvalue weighted by Crippen LogP contribution is -2.66. The summed E-state index contributed by atoms with van der Waals surface area (Å²) in [4.78, 5) is 30.7. The van der Waals surface area contributed by atoms with Crippen molar-refractivity contribution in [3.8, 4) is 0 Å². The second kappa shape index (κ2) is 8.15. The highest BCUT2D eigenvalue weighted by Crippen LogP contribution is 2.48. The Morgan fingerprint density at radius 3 is 2.70 bits per heavy atom. The predicted octanol–water partition coefficient (Wildman–Crippen LogP) is 3.60. The maximum Gasteiger partial charge on any atom is 0.338 e. The highest BCUT2D eigenvalue weighted by Gasteiger charge is 2.59. The fourth-order valence-corrected chi connectivity index (χ4v) is 5.51. The summed E-state index contributed by atoms with van der Waals surface area (Å²) in [6, 6.07) is 12.8. The van der Waals surface area contributed by atoms with E-state index >= 15 is 0 Å². The van der Waals surface area contributed by atoms with Gasteiger partial charge in [-0.2, -0.15) is 10.1 Å². The van der Waals surface area contributed by atoms with Gasteiger partial charge in [0, 0.05) is 30.3 Å². The molecule has 0 N–H and O–H groups in total. The lowest BCUT2D eigenvalue weighted by Gasteiger charge is -2.52. The van der Waals surface area contributed by atoms with Crippen LogP contribution in [0.5, 0.6) is 0 Å². The van der Waals surface area contributed by atoms with Crippen LogP contribution in [0.25, 0.3) is 0 Å². The van der Waals surface area contributed by atoms with Gasteiger partial charge in [-0.05, 0) is 69.3 Å². The molecule has 0 unspecified atom stereocenters. The van der Waals surface area contributed by atoms with Crippen LogP contribution in [0.4, 0.5) is 11.4 Å². The molecular weight excluding hydrogens is 440 g/mol. The Morgan fingerprint density at radius 2 is 1.97 bits per heavy atom. The number of likely N-dealkylation sites (N-methyl/N-ethyl adjacent to an activating group) is 1. The van der Waals surface area contributed by atoms with Crippen LogP contribution in [0, 0.1) is 5.41 Å². The van der Waals surface area contributed by atoms with Crippen molar-refractivity contribution in [1.29, 1.82) is 0 Å². The molecule has 0 bridgehead atoms. The zero-order valence-corrected chi connectivity index (χ0v) is 19.8. The van der Waals surface area contributed by atoms with Gasteiger partial charge in [0.1, 0.15) is 5.41 Å². The third-order valence-electron chi connectivity index (χ3n) is 7.07. The third-order valence-corrected chi connectivity index (χ3v) is 7.31. The molecule has 0 radical (unpaired) electrons. The molecule has 0 saturated carbocycles. The van der Waals surface area contributed by atoms with Gasteiger partial charge in [-0.1, -0.05) is 17.7 Å². The van der Waals surface area contributed by atoms with E-state index in [1.165, 1.54) is 5.01 Å². The van der Waals surface area contributed by atoms with E-state index in [4.69, 9.17) is 21.4 Å². The van der Waals surface area contributed by atoms with Crippen LogP contribution in [-0.4, -0.2) is 61.8 Å². The molecule has 0 aliphatic carbocycles. The molecule has 3 heterocycles. The minimum Gasteiger partial charge on any atom is -0.462 e. The van der Waals surface area contributed by atoms with Gasteiger partial charge in [-0.3, -0.25) is 4.79 Å². The fraction of sp³-hybridized carbons (Fsp3) is 0.400. The lowest BCUT2D eigenvalue weighted by atomic mass is 9.67. The normalized spacial score (nSPS) is 24.5. The summed E-state index contributed by atoms with van der Waals surface area (Å²) >= 11 is 6.33. The first kappa shape index (κ1) is 21.9. The van der Waals surface area contributed by atoms with E-state index in [0.29, 0.717) is 29.3 Å². The number of benzene rings is 2. The number of carbonyl (C=O) groups is 2. The van der Waals surface area contributed by atoms with Gasteiger partial charge in [0.05, 0.1) is 29.6 Å². The molecule has 7 nitrogen and oxygen atoms in total. The van der Waals surface area contributed by atoms with Crippen molar-refractivity contribution in [2.45, 2.75) is 26.3 Å². The average molecular weight is 467 g/mol. The lowest BCUT2D eigenvalue weighted by molar-refractivity contribution is -0.125. The van der Waals surface area contributed by atoms with Gasteiger partial charge >= 0.3 is 5.97 Å². The Morgan fingerprint density at radius 1 is 1.21 bits per heavy atom. The highest BCUT2D eigenvalue weighted by atomic mass is 35.5. The van der Waals surface area contributed by atoms with E-state index in [0.717, 1.165) is 36.6 Å². The van der Waals surface area contributed by atoms with Crippen LogP contribution < -0.4 is 9.91 Å². The van der Waals surface area contributed by atoms with E-state index in [9.17, 15) is 9.59 Å². The van der Waals surface area contributed by atoms with Crippen molar-refractivity contribution in [3.63, 3.8) is 0 Å². The number of amides is 1. The SMILES string of the molecule is CCOC(=O)c1ccc(N2N=C(C)[C@@]3(Cc4ccc(Cl)cc4N4CCN(C)C[C@@H]43)C2=O)cc1. The molecular formula is C25H27ClN4O3. The Balaban J connectivity index is 1.53. The van der Waals surface area contributed by atoms with Crippen molar-refractivity contribution in [3.05, 3.63) is 58.6 Å². The zero-order chi connectivity index (χ0) is 23.3. The second-order valence-corrected chi connectivity index (χ2v) is 9.40. The molecule has 172 valence electrons. The number of ether oxygens (including phenoxy) is 1. The van der Waals surface area contributed by atoms with Crippen molar-refractivity contribution >= 4 is 40.6 Å². The quantitative estimate of drug-likeness (QED) is 0.646. The number of rotatable bonds is 3. The first-order valence-corrected chi connectivity index (χ1v) is 11.6. The summed E-state index contributed by atoms with van der Waals surface area (Å²) in [5, 5.41) is 6.95. The Hall–Kier alpha value is -2.90. The number of hydrogen-bond donors (Lipinski definition) is 0. The topological polar surface area (TPSA) is 65.5 Å². The van der Waals surface area contributed by atoms with Gasteiger partial charge in [0.25, 0.3) is 5.91 Å². The summed E-state index contributed by atoms with van der Waals surface area (Å²) in [6.07, 6.45) is 0.583. The van der Waals surface area contributed by atoms with Crippen LogP contribution >= 0.6 is 11.6 Å². The van der Waals surface area contributed by atoms with Gasteiger partial charge in [0.2, 0.25) is 0 Å². The van der Waals surface area contributed by atoms with Crippen LogP contribution in [0.15, 0.2) is 47.6 Å². The van der Waals surface area contributed by atoms with E-state index < -0.39 is 5.41 Å². The van der Waals surface area contributed by atoms with Crippen molar-refractivity contribution < 1.29 is 14.3 Å². The predicted molar refractivity (Wildman–Crippen MR) is 129 cm³/mol. The number of hydrazone groups is 1. The third kappa shape index (κ3) is 3.42. The van der Waals surface area contributed by atoms with Gasteiger partial charge < -0.3 is 14.5 Å². The van der Waals surface area contributed by atoms with Crippen LogP contribution in [-0.2, 0) is 16.0 Å². The number of carbonyl (C=O) groups excluding carboxylic acids is 2. The summed E-state index contributed by atoms with van der Waals surface area (Å²) in [6.45, 7) is 6.55. The monoisotopic (exact) mass is 466 g/mol. The summed E-state index contributed by atoms with van der Waals surface area (Å²) < 4.78 is 5.07. The number of halogens is 1. The van der Waals surface area contributed by atoms with E-state index in [2.05, 4.69) is 16.8 Å². The van der Waals surface area contributed by atoms with Crippen molar-refractivity contribution in [1.82, 2.24) is 4.90 Å². The molecule has 1 saturated heterocycles. The number of piperazine rings is 1. The molecule has 2 aromatic rings. The Bertz CT molecular complexity index is 1150.